The number of piperidine rings is 1. The first-order chi connectivity index (χ1) is 13.1. The highest BCUT2D eigenvalue weighted by Gasteiger charge is 2.47. The molecule has 1 aromatic heterocycles. The second-order valence-electron chi connectivity index (χ2n) is 8.00. The summed E-state index contributed by atoms with van der Waals surface area (Å²) >= 11 is 0. The Morgan fingerprint density at radius 3 is 2.54 bits per heavy atom. The average molecular weight is 402 g/mol. The molecule has 0 radical (unpaired) electrons. The molecule has 156 valence electrons. The molecule has 2 fully saturated rings. The lowest BCUT2D eigenvalue weighted by atomic mass is 9.87. The minimum Gasteiger partial charge on any atom is -0.444 e. The topological polar surface area (TPSA) is 60.9 Å². The van der Waals surface area contributed by atoms with Gasteiger partial charge in [0.1, 0.15) is 5.60 Å². The van der Waals surface area contributed by atoms with Crippen LogP contribution in [0.3, 0.4) is 0 Å². The molecule has 3 rings (SSSR count). The van der Waals surface area contributed by atoms with Crippen LogP contribution in [0.25, 0.3) is 0 Å². The first-order valence-corrected chi connectivity index (χ1v) is 9.30. The summed E-state index contributed by atoms with van der Waals surface area (Å²) in [6, 6.07) is 2.51. The highest BCUT2D eigenvalue weighted by atomic mass is 19.4. The summed E-state index contributed by atoms with van der Waals surface area (Å²) in [7, 11) is 0. The van der Waals surface area contributed by atoms with E-state index in [1.807, 2.05) is 0 Å². The smallest absolute Gasteiger partial charge is 0.410 e. The van der Waals surface area contributed by atoms with Crippen LogP contribution in [0, 0.1) is 5.92 Å². The van der Waals surface area contributed by atoms with Crippen molar-refractivity contribution in [3.63, 3.8) is 0 Å². The van der Waals surface area contributed by atoms with E-state index in [0.717, 1.165) is 0 Å². The zero-order valence-corrected chi connectivity index (χ0v) is 16.2. The van der Waals surface area contributed by atoms with Crippen molar-refractivity contribution < 1.29 is 32.2 Å². The van der Waals surface area contributed by atoms with Gasteiger partial charge in [-0.15, -0.1) is 0 Å². The highest BCUT2D eigenvalue weighted by molar-refractivity contribution is 5.69. The number of nitrogens with zero attached hydrogens (tertiary/aromatic N) is 2. The van der Waals surface area contributed by atoms with Crippen molar-refractivity contribution >= 4 is 6.09 Å². The van der Waals surface area contributed by atoms with Crippen LogP contribution in [0.4, 0.5) is 18.0 Å². The fraction of sp³-hybridized carbons (Fsp3) is 0.684. The summed E-state index contributed by atoms with van der Waals surface area (Å²) in [5.74, 6) is -1.52. The predicted octanol–water partition coefficient (Wildman–Crippen LogP) is 4.38. The van der Waals surface area contributed by atoms with Gasteiger partial charge in [0.05, 0.1) is 30.9 Å². The van der Waals surface area contributed by atoms with Crippen molar-refractivity contribution in [1.29, 1.82) is 0 Å². The minimum atomic E-state index is -4.34. The molecule has 0 N–H and O–H groups in total. The third kappa shape index (κ3) is 4.75. The Morgan fingerprint density at radius 1 is 1.25 bits per heavy atom. The fourth-order valence-electron chi connectivity index (χ4n) is 3.51. The van der Waals surface area contributed by atoms with Crippen LogP contribution in [0.2, 0.25) is 0 Å². The molecular formula is C19H25F3N2O4. The molecule has 3 heterocycles. The van der Waals surface area contributed by atoms with E-state index >= 15 is 0 Å². The number of hydrogen-bond donors (Lipinski definition) is 0. The first kappa shape index (κ1) is 20.9. The maximum atomic E-state index is 13.4. The van der Waals surface area contributed by atoms with Gasteiger partial charge in [0.25, 0.3) is 0 Å². The Balaban J connectivity index is 1.95. The summed E-state index contributed by atoms with van der Waals surface area (Å²) in [4.78, 5) is 18.4. The molecule has 1 amide bonds. The molecule has 2 aliphatic heterocycles. The first-order valence-electron chi connectivity index (χ1n) is 9.30. The third-order valence-corrected chi connectivity index (χ3v) is 4.76. The molecule has 0 saturated carbocycles. The Bertz CT molecular complexity index is 699. The summed E-state index contributed by atoms with van der Waals surface area (Å²) in [5, 5.41) is 0. The van der Waals surface area contributed by atoms with Crippen molar-refractivity contribution in [2.75, 3.05) is 19.8 Å². The van der Waals surface area contributed by atoms with Crippen molar-refractivity contribution in [2.24, 2.45) is 5.92 Å². The molecular weight excluding hydrogens is 377 g/mol. The van der Waals surface area contributed by atoms with Gasteiger partial charge in [-0.25, -0.2) is 4.79 Å². The molecule has 0 spiro atoms. The van der Waals surface area contributed by atoms with Gasteiger partial charge in [-0.2, -0.15) is 13.2 Å². The Labute approximate surface area is 162 Å². The minimum absolute atomic E-state index is 0.0633. The van der Waals surface area contributed by atoms with Gasteiger partial charge in [-0.1, -0.05) is 6.07 Å². The van der Waals surface area contributed by atoms with Crippen LogP contribution in [0.15, 0.2) is 18.3 Å². The van der Waals surface area contributed by atoms with E-state index in [0.29, 0.717) is 24.5 Å². The maximum absolute atomic E-state index is 13.4. The van der Waals surface area contributed by atoms with Crippen LogP contribution in [-0.2, 0) is 14.2 Å². The average Bonchev–Trinajstić information content (AvgIpc) is 3.13. The molecule has 0 bridgehead atoms. The molecule has 0 aromatic carbocycles. The second-order valence-corrected chi connectivity index (χ2v) is 8.00. The van der Waals surface area contributed by atoms with Gasteiger partial charge in [0.15, 0.2) is 6.29 Å². The summed E-state index contributed by atoms with van der Waals surface area (Å²) in [6.45, 7) is 5.87. The molecule has 6 nitrogen and oxygen atoms in total. The van der Waals surface area contributed by atoms with E-state index in [-0.39, 0.29) is 19.4 Å². The lowest BCUT2D eigenvalue weighted by Gasteiger charge is -2.40. The van der Waals surface area contributed by atoms with Crippen LogP contribution < -0.4 is 0 Å². The van der Waals surface area contributed by atoms with E-state index in [9.17, 15) is 18.0 Å². The van der Waals surface area contributed by atoms with E-state index in [2.05, 4.69) is 4.98 Å². The summed E-state index contributed by atoms with van der Waals surface area (Å²) < 4.78 is 56.8. The number of carbonyl (C=O) groups is 1. The van der Waals surface area contributed by atoms with Gasteiger partial charge in [-0.05, 0) is 39.7 Å². The van der Waals surface area contributed by atoms with E-state index in [1.54, 1.807) is 32.9 Å². The number of halogens is 3. The van der Waals surface area contributed by atoms with Gasteiger partial charge >= 0.3 is 12.3 Å². The van der Waals surface area contributed by atoms with Crippen molar-refractivity contribution in [3.05, 3.63) is 29.6 Å². The number of rotatable bonds is 2. The van der Waals surface area contributed by atoms with Gasteiger partial charge < -0.3 is 14.2 Å². The largest absolute Gasteiger partial charge is 0.444 e. The molecule has 9 heteroatoms. The van der Waals surface area contributed by atoms with E-state index in [1.165, 1.54) is 11.1 Å². The normalized spacial score (nSPS) is 24.4. The standard InChI is InChI=1S/C19H25F3N2O4/c1-18(2,3)28-17(25)24-8-6-12(19(20,21)22)11-14(24)15-13(5-4-7-23-15)16-26-9-10-27-16/h4-5,7,12,14,16H,6,8-11H2,1-3H3/t12-,14-/m1/s1. The number of alkyl halides is 3. The zero-order chi connectivity index (χ0) is 20.5. The third-order valence-electron chi connectivity index (χ3n) is 4.76. The molecule has 28 heavy (non-hydrogen) atoms. The number of aromatic nitrogens is 1. The van der Waals surface area contributed by atoms with Crippen molar-refractivity contribution in [3.8, 4) is 0 Å². The molecule has 2 atom stereocenters. The Kier molecular flexibility index (Phi) is 5.86. The molecule has 0 unspecified atom stereocenters. The predicted molar refractivity (Wildman–Crippen MR) is 93.3 cm³/mol. The zero-order valence-electron chi connectivity index (χ0n) is 16.2. The quantitative estimate of drug-likeness (QED) is 0.735. The van der Waals surface area contributed by atoms with Crippen molar-refractivity contribution in [2.45, 2.75) is 57.7 Å². The second kappa shape index (κ2) is 7.87. The Morgan fingerprint density at radius 2 is 1.93 bits per heavy atom. The number of hydrogen-bond acceptors (Lipinski definition) is 5. The van der Waals surface area contributed by atoms with Gasteiger partial charge in [-0.3, -0.25) is 9.88 Å². The molecule has 0 aliphatic carbocycles. The number of pyridine rings is 1. The van der Waals surface area contributed by atoms with Crippen LogP contribution in [-0.4, -0.2) is 47.5 Å². The number of amides is 1. The van der Waals surface area contributed by atoms with E-state index in [4.69, 9.17) is 14.2 Å². The summed E-state index contributed by atoms with van der Waals surface area (Å²) in [6.07, 6.45) is -4.64. The van der Waals surface area contributed by atoms with Gasteiger partial charge in [0, 0.05) is 18.3 Å². The number of likely N-dealkylation sites (tertiary alicyclic amines) is 1. The maximum Gasteiger partial charge on any atom is 0.410 e. The molecule has 2 saturated heterocycles. The lowest BCUT2D eigenvalue weighted by molar-refractivity contribution is -0.189. The van der Waals surface area contributed by atoms with Gasteiger partial charge in [0.2, 0.25) is 0 Å². The highest BCUT2D eigenvalue weighted by Crippen LogP contribution is 2.44. The number of carbonyl (C=O) groups excluding carboxylic acids is 1. The van der Waals surface area contributed by atoms with Crippen LogP contribution in [0.1, 0.15) is 57.2 Å². The molecule has 1 aromatic rings. The fourth-order valence-corrected chi connectivity index (χ4v) is 3.51. The summed E-state index contributed by atoms with van der Waals surface area (Å²) in [5.41, 5.74) is 0.142. The lowest BCUT2D eigenvalue weighted by Crippen LogP contribution is -2.46. The Hall–Kier alpha value is -1.87. The van der Waals surface area contributed by atoms with Crippen LogP contribution >= 0.6 is 0 Å². The van der Waals surface area contributed by atoms with E-state index < -0.39 is 36.1 Å². The SMILES string of the molecule is CC(C)(C)OC(=O)N1CC[C@@H](C(F)(F)F)C[C@@H]1c1ncccc1C1OCCO1. The molecule has 2 aliphatic rings. The van der Waals surface area contributed by atoms with Crippen LogP contribution in [0.5, 0.6) is 0 Å². The monoisotopic (exact) mass is 402 g/mol. The van der Waals surface area contributed by atoms with Crippen molar-refractivity contribution in [1.82, 2.24) is 9.88 Å². The number of ether oxygens (including phenoxy) is 3.